The van der Waals surface area contributed by atoms with Gasteiger partial charge in [0.25, 0.3) is 0 Å². The first kappa shape index (κ1) is 17.9. The first-order chi connectivity index (χ1) is 9.99. The molecule has 1 rings (SSSR count). The van der Waals surface area contributed by atoms with Gasteiger partial charge in [-0.05, 0) is 13.3 Å². The van der Waals surface area contributed by atoms with Crippen LogP contribution < -0.4 is 10.6 Å². The van der Waals surface area contributed by atoms with Gasteiger partial charge in [0, 0.05) is 46.9 Å². The van der Waals surface area contributed by atoms with Crippen molar-refractivity contribution in [2.24, 2.45) is 0 Å². The van der Waals surface area contributed by atoms with Crippen LogP contribution in [-0.4, -0.2) is 38.8 Å². The number of hydrogen-bond donors (Lipinski definition) is 2. The molecule has 0 aliphatic heterocycles. The van der Waals surface area contributed by atoms with Crippen LogP contribution in [0.3, 0.4) is 0 Å². The molecule has 1 aromatic heterocycles. The average molecular weight is 312 g/mol. The molecule has 5 nitrogen and oxygen atoms in total. The molecular formula is C15H28N4OS. The number of rotatable bonds is 9. The van der Waals surface area contributed by atoms with Gasteiger partial charge >= 0.3 is 0 Å². The summed E-state index contributed by atoms with van der Waals surface area (Å²) in [5.74, 6) is 4.20. The van der Waals surface area contributed by atoms with E-state index in [9.17, 15) is 4.21 Å². The number of aromatic nitrogens is 2. The van der Waals surface area contributed by atoms with Gasteiger partial charge in [-0.25, -0.2) is 9.97 Å². The van der Waals surface area contributed by atoms with Crippen LogP contribution in [0.2, 0.25) is 0 Å². The summed E-state index contributed by atoms with van der Waals surface area (Å²) in [5.41, 5.74) is 1.02. The van der Waals surface area contributed by atoms with E-state index in [1.54, 1.807) is 0 Å². The van der Waals surface area contributed by atoms with Gasteiger partial charge in [0.2, 0.25) is 0 Å². The second kappa shape index (κ2) is 8.97. The van der Waals surface area contributed by atoms with Gasteiger partial charge < -0.3 is 10.6 Å². The van der Waals surface area contributed by atoms with Crippen LogP contribution in [0.1, 0.15) is 51.4 Å². The molecule has 120 valence electrons. The highest BCUT2D eigenvalue weighted by molar-refractivity contribution is 7.84. The summed E-state index contributed by atoms with van der Waals surface area (Å²) in [4.78, 5) is 9.21. The topological polar surface area (TPSA) is 66.9 Å². The van der Waals surface area contributed by atoms with Crippen molar-refractivity contribution in [3.63, 3.8) is 0 Å². The van der Waals surface area contributed by atoms with Crippen molar-refractivity contribution in [3.8, 4) is 0 Å². The minimum Gasteiger partial charge on any atom is -0.370 e. The monoisotopic (exact) mass is 312 g/mol. The molecule has 0 radical (unpaired) electrons. The number of nitrogens with zero attached hydrogens (tertiary/aromatic N) is 2. The maximum atomic E-state index is 11.5. The SMILES string of the molecule is CCCNc1nc(C(C)C)nc(NCCS(=O)CC)c1C. The predicted octanol–water partition coefficient (Wildman–Crippen LogP) is 2.91. The Morgan fingerprint density at radius 3 is 2.14 bits per heavy atom. The second-order valence-corrected chi connectivity index (χ2v) is 7.21. The Bertz CT molecular complexity index is 477. The Hall–Kier alpha value is -1.17. The third kappa shape index (κ3) is 5.61. The average Bonchev–Trinajstić information content (AvgIpc) is 2.47. The molecule has 0 spiro atoms. The molecule has 2 N–H and O–H groups in total. The summed E-state index contributed by atoms with van der Waals surface area (Å²) in [6.45, 7) is 11.8. The molecule has 0 bridgehead atoms. The Morgan fingerprint density at radius 2 is 1.67 bits per heavy atom. The number of nitrogens with one attached hydrogen (secondary N) is 2. The molecule has 0 saturated carbocycles. The summed E-state index contributed by atoms with van der Waals surface area (Å²) in [5, 5.41) is 6.66. The zero-order chi connectivity index (χ0) is 15.8. The number of hydrogen-bond acceptors (Lipinski definition) is 5. The standard InChI is InChI=1S/C15H28N4OS/c1-6-8-16-14-12(5)15(17-9-10-21(20)7-2)19-13(18-14)11(3)4/h11H,6-10H2,1-5H3,(H2,16,17,18,19). The molecule has 1 aromatic rings. The quantitative estimate of drug-likeness (QED) is 0.734. The normalized spacial score (nSPS) is 12.5. The lowest BCUT2D eigenvalue weighted by Crippen LogP contribution is -2.16. The van der Waals surface area contributed by atoms with Crippen LogP contribution in [0.25, 0.3) is 0 Å². The van der Waals surface area contributed by atoms with E-state index in [2.05, 4.69) is 41.4 Å². The fourth-order valence-electron chi connectivity index (χ4n) is 1.81. The van der Waals surface area contributed by atoms with E-state index in [-0.39, 0.29) is 5.92 Å². The van der Waals surface area contributed by atoms with Crippen molar-refractivity contribution in [1.29, 1.82) is 0 Å². The summed E-state index contributed by atoms with van der Waals surface area (Å²) in [6, 6.07) is 0. The Labute approximate surface area is 130 Å². The molecule has 1 unspecified atom stereocenters. The maximum absolute atomic E-state index is 11.5. The molecule has 1 atom stereocenters. The fourth-order valence-corrected chi connectivity index (χ4v) is 2.43. The third-order valence-corrected chi connectivity index (χ3v) is 4.47. The van der Waals surface area contributed by atoms with E-state index in [0.29, 0.717) is 18.1 Å². The summed E-state index contributed by atoms with van der Waals surface area (Å²) < 4.78 is 11.5. The van der Waals surface area contributed by atoms with E-state index in [1.165, 1.54) is 0 Å². The van der Waals surface area contributed by atoms with E-state index in [0.717, 1.165) is 36.0 Å². The van der Waals surface area contributed by atoms with Crippen molar-refractivity contribution in [2.45, 2.75) is 47.0 Å². The van der Waals surface area contributed by atoms with Crippen molar-refractivity contribution in [3.05, 3.63) is 11.4 Å². The van der Waals surface area contributed by atoms with E-state index < -0.39 is 10.8 Å². The van der Waals surface area contributed by atoms with E-state index in [4.69, 9.17) is 0 Å². The van der Waals surface area contributed by atoms with Gasteiger partial charge in [-0.15, -0.1) is 0 Å². The summed E-state index contributed by atoms with van der Waals surface area (Å²) in [7, 11) is -0.753. The molecule has 0 aliphatic rings. The largest absolute Gasteiger partial charge is 0.370 e. The molecule has 6 heteroatoms. The first-order valence-electron chi connectivity index (χ1n) is 7.70. The first-order valence-corrected chi connectivity index (χ1v) is 9.19. The smallest absolute Gasteiger partial charge is 0.135 e. The highest BCUT2D eigenvalue weighted by atomic mass is 32.2. The maximum Gasteiger partial charge on any atom is 0.135 e. The third-order valence-electron chi connectivity index (χ3n) is 3.17. The second-order valence-electron chi connectivity index (χ2n) is 5.34. The predicted molar refractivity (Wildman–Crippen MR) is 91.7 cm³/mol. The van der Waals surface area contributed by atoms with Crippen LogP contribution in [0.4, 0.5) is 11.6 Å². The zero-order valence-corrected chi connectivity index (χ0v) is 14.6. The molecule has 0 saturated heterocycles. The Kier molecular flexibility index (Phi) is 7.64. The highest BCUT2D eigenvalue weighted by Gasteiger charge is 2.12. The zero-order valence-electron chi connectivity index (χ0n) is 13.8. The molecule has 0 aliphatic carbocycles. The lowest BCUT2D eigenvalue weighted by molar-refractivity contribution is 0.684. The van der Waals surface area contributed by atoms with Crippen LogP contribution in [0.5, 0.6) is 0 Å². The van der Waals surface area contributed by atoms with Gasteiger partial charge in [0.1, 0.15) is 17.5 Å². The van der Waals surface area contributed by atoms with Crippen molar-refractivity contribution >= 4 is 22.4 Å². The molecule has 0 aromatic carbocycles. The lowest BCUT2D eigenvalue weighted by atomic mass is 10.2. The minimum absolute atomic E-state index is 0.276. The van der Waals surface area contributed by atoms with Gasteiger partial charge in [0.05, 0.1) is 0 Å². The molecule has 0 fully saturated rings. The minimum atomic E-state index is -0.753. The van der Waals surface area contributed by atoms with Gasteiger partial charge in [-0.1, -0.05) is 27.7 Å². The van der Waals surface area contributed by atoms with Crippen LogP contribution in [0.15, 0.2) is 0 Å². The van der Waals surface area contributed by atoms with Crippen molar-refractivity contribution in [2.75, 3.05) is 35.2 Å². The van der Waals surface area contributed by atoms with Crippen LogP contribution in [-0.2, 0) is 10.8 Å². The van der Waals surface area contributed by atoms with E-state index in [1.807, 2.05) is 13.8 Å². The van der Waals surface area contributed by atoms with Gasteiger partial charge in [-0.2, -0.15) is 0 Å². The lowest BCUT2D eigenvalue weighted by Gasteiger charge is -2.16. The summed E-state index contributed by atoms with van der Waals surface area (Å²) in [6.07, 6.45) is 1.05. The van der Waals surface area contributed by atoms with Gasteiger partial charge in [-0.3, -0.25) is 4.21 Å². The Balaban J connectivity index is 2.89. The molecule has 21 heavy (non-hydrogen) atoms. The van der Waals surface area contributed by atoms with Gasteiger partial charge in [0.15, 0.2) is 0 Å². The molecule has 0 amide bonds. The highest BCUT2D eigenvalue weighted by Crippen LogP contribution is 2.23. The fraction of sp³-hybridized carbons (Fsp3) is 0.733. The van der Waals surface area contributed by atoms with Crippen molar-refractivity contribution in [1.82, 2.24) is 9.97 Å². The van der Waals surface area contributed by atoms with Crippen molar-refractivity contribution < 1.29 is 4.21 Å². The molecule has 1 heterocycles. The van der Waals surface area contributed by atoms with Crippen LogP contribution >= 0.6 is 0 Å². The molecular weight excluding hydrogens is 284 g/mol. The Morgan fingerprint density at radius 1 is 1.10 bits per heavy atom. The van der Waals surface area contributed by atoms with Crippen LogP contribution in [0, 0.1) is 6.92 Å². The van der Waals surface area contributed by atoms with E-state index >= 15 is 0 Å². The summed E-state index contributed by atoms with van der Waals surface area (Å²) >= 11 is 0. The number of anilines is 2.